The predicted octanol–water partition coefficient (Wildman–Crippen LogP) is 3.99. The Balaban J connectivity index is 1.20. The molecule has 2 heterocycles. The quantitative estimate of drug-likeness (QED) is 0.184. The van der Waals surface area contributed by atoms with Crippen molar-refractivity contribution < 1.29 is 19.4 Å². The number of hydrogen-bond acceptors (Lipinski definition) is 7. The third kappa shape index (κ3) is 6.67. The number of aromatic nitrogens is 2. The summed E-state index contributed by atoms with van der Waals surface area (Å²) in [5.41, 5.74) is 8.30. The first-order chi connectivity index (χ1) is 17.5. The van der Waals surface area contributed by atoms with Gasteiger partial charge in [0.15, 0.2) is 0 Å². The van der Waals surface area contributed by atoms with Gasteiger partial charge in [-0.15, -0.1) is 0 Å². The number of amides is 1. The second-order valence-electron chi connectivity index (χ2n) is 8.40. The Bertz CT molecular complexity index is 1350. The van der Waals surface area contributed by atoms with E-state index in [4.69, 9.17) is 26.8 Å². The molecule has 188 valence electrons. The molecule has 0 radical (unpaired) electrons. The summed E-state index contributed by atoms with van der Waals surface area (Å²) >= 11 is 6.07. The molecule has 4 N–H and O–H groups in total. The van der Waals surface area contributed by atoms with Crippen LogP contribution in [0, 0.1) is 0 Å². The fourth-order valence-electron chi connectivity index (χ4n) is 3.98. The van der Waals surface area contributed by atoms with Crippen molar-refractivity contribution in [3.05, 3.63) is 76.6 Å². The minimum atomic E-state index is -0.503. The average molecular weight is 509 g/mol. The highest BCUT2D eigenvalue weighted by molar-refractivity contribution is 6.30. The van der Waals surface area contributed by atoms with Crippen molar-refractivity contribution in [3.8, 4) is 5.88 Å². The van der Waals surface area contributed by atoms with E-state index >= 15 is 0 Å². The van der Waals surface area contributed by atoms with E-state index in [0.29, 0.717) is 48.3 Å². The molecule has 0 aliphatic heterocycles. The number of fused-ring (bicyclic) bond motifs is 3. The van der Waals surface area contributed by atoms with E-state index < -0.39 is 5.91 Å². The maximum atomic E-state index is 11.6. The largest absolute Gasteiger partial charge is 0.475 e. The molecule has 0 saturated heterocycles. The molecule has 0 aliphatic carbocycles. The van der Waals surface area contributed by atoms with Crippen molar-refractivity contribution in [2.24, 2.45) is 5.73 Å². The summed E-state index contributed by atoms with van der Waals surface area (Å²) in [6.07, 6.45) is 5.35. The van der Waals surface area contributed by atoms with Crippen molar-refractivity contribution in [2.45, 2.75) is 26.0 Å². The van der Waals surface area contributed by atoms with Gasteiger partial charge in [-0.05, 0) is 60.8 Å². The highest BCUT2D eigenvalue weighted by atomic mass is 35.5. The van der Waals surface area contributed by atoms with Crippen LogP contribution in [-0.2, 0) is 17.9 Å². The molecule has 0 bridgehead atoms. The van der Waals surface area contributed by atoms with Gasteiger partial charge in [0.2, 0.25) is 11.8 Å². The highest BCUT2D eigenvalue weighted by Crippen LogP contribution is 2.30. The Labute approximate surface area is 214 Å². The molecule has 9 heteroatoms. The van der Waals surface area contributed by atoms with Crippen molar-refractivity contribution >= 4 is 39.2 Å². The maximum Gasteiger partial charge on any atom is 0.248 e. The van der Waals surface area contributed by atoms with E-state index in [1.807, 2.05) is 24.3 Å². The van der Waals surface area contributed by atoms with E-state index in [1.54, 1.807) is 30.6 Å². The van der Waals surface area contributed by atoms with Crippen LogP contribution in [0.1, 0.15) is 34.3 Å². The summed E-state index contributed by atoms with van der Waals surface area (Å²) in [4.78, 5) is 20.4. The third-order valence-corrected chi connectivity index (χ3v) is 5.95. The van der Waals surface area contributed by atoms with Gasteiger partial charge in [0.1, 0.15) is 6.61 Å². The number of primary amides is 1. The lowest BCUT2D eigenvalue weighted by atomic mass is 10.1. The molecule has 0 spiro atoms. The van der Waals surface area contributed by atoms with Crippen LogP contribution in [-0.4, -0.2) is 47.3 Å². The van der Waals surface area contributed by atoms with Gasteiger partial charge in [-0.25, -0.2) is 4.98 Å². The van der Waals surface area contributed by atoms with Crippen LogP contribution in [0.2, 0.25) is 5.02 Å². The van der Waals surface area contributed by atoms with Crippen LogP contribution in [0.25, 0.3) is 21.7 Å². The number of aliphatic hydroxyl groups excluding tert-OH is 1. The number of carbonyl (C=O) groups excluding carboxylic acids is 1. The number of halogens is 1. The number of nitrogens with zero attached hydrogens (tertiary/aromatic N) is 2. The molecule has 36 heavy (non-hydrogen) atoms. The van der Waals surface area contributed by atoms with Crippen LogP contribution in [0.4, 0.5) is 0 Å². The van der Waals surface area contributed by atoms with Crippen LogP contribution in [0.3, 0.4) is 0 Å². The lowest BCUT2D eigenvalue weighted by molar-refractivity contribution is 0.0966. The summed E-state index contributed by atoms with van der Waals surface area (Å²) in [6, 6.07) is 12.7. The number of pyridine rings is 2. The predicted molar refractivity (Wildman–Crippen MR) is 140 cm³/mol. The minimum Gasteiger partial charge on any atom is -0.475 e. The zero-order valence-electron chi connectivity index (χ0n) is 19.9. The van der Waals surface area contributed by atoms with Crippen LogP contribution < -0.4 is 15.8 Å². The molecule has 2 aromatic heterocycles. The van der Waals surface area contributed by atoms with Crippen molar-refractivity contribution in [1.82, 2.24) is 15.3 Å². The molecule has 2 aromatic carbocycles. The number of benzene rings is 2. The average Bonchev–Trinajstić information content (AvgIpc) is 2.89. The van der Waals surface area contributed by atoms with Crippen LogP contribution >= 0.6 is 11.6 Å². The summed E-state index contributed by atoms with van der Waals surface area (Å²) in [6.45, 7) is 2.96. The highest BCUT2D eigenvalue weighted by Gasteiger charge is 2.11. The number of nitrogens with two attached hydrogens (primary N) is 1. The summed E-state index contributed by atoms with van der Waals surface area (Å²) in [7, 11) is 0. The first kappa shape index (κ1) is 25.8. The Morgan fingerprint density at radius 3 is 2.69 bits per heavy atom. The fourth-order valence-corrected chi connectivity index (χ4v) is 4.26. The number of aliphatic hydroxyl groups is 1. The van der Waals surface area contributed by atoms with Gasteiger partial charge in [-0.2, -0.15) is 0 Å². The Morgan fingerprint density at radius 2 is 1.86 bits per heavy atom. The lowest BCUT2D eigenvalue weighted by Crippen LogP contribution is -2.16. The zero-order valence-corrected chi connectivity index (χ0v) is 20.6. The summed E-state index contributed by atoms with van der Waals surface area (Å²) < 4.78 is 11.6. The first-order valence-corrected chi connectivity index (χ1v) is 12.2. The SMILES string of the molecule is NC(=O)c1ccc2c(c1)nc(OCCOCCCCNCc1cc(Cl)cc(CO)c1)c1ccncc12. The number of unbranched alkanes of at least 4 members (excludes halogenated alkanes) is 1. The van der Waals surface area contributed by atoms with Gasteiger partial charge < -0.3 is 25.6 Å². The fraction of sp³-hybridized carbons (Fsp3) is 0.296. The summed E-state index contributed by atoms with van der Waals surface area (Å²) in [5.74, 6) is -0.0314. The topological polar surface area (TPSA) is 120 Å². The smallest absolute Gasteiger partial charge is 0.248 e. The number of ether oxygens (including phenoxy) is 2. The monoisotopic (exact) mass is 508 g/mol. The molecule has 0 unspecified atom stereocenters. The van der Waals surface area contributed by atoms with Gasteiger partial charge in [0, 0.05) is 52.3 Å². The van der Waals surface area contributed by atoms with Gasteiger partial charge in [0.25, 0.3) is 0 Å². The number of hydrogen-bond donors (Lipinski definition) is 3. The molecule has 0 aliphatic rings. The van der Waals surface area contributed by atoms with Gasteiger partial charge in [-0.3, -0.25) is 9.78 Å². The van der Waals surface area contributed by atoms with Crippen molar-refractivity contribution in [1.29, 1.82) is 0 Å². The summed E-state index contributed by atoms with van der Waals surface area (Å²) in [5, 5.41) is 15.9. The molecule has 8 nitrogen and oxygen atoms in total. The van der Waals surface area contributed by atoms with E-state index in [9.17, 15) is 9.90 Å². The number of nitrogens with one attached hydrogen (secondary N) is 1. The zero-order chi connectivity index (χ0) is 25.3. The van der Waals surface area contributed by atoms with Crippen molar-refractivity contribution in [2.75, 3.05) is 26.4 Å². The standard InChI is InChI=1S/C27H29ClN4O4/c28-21-12-18(11-19(13-21)17-33)15-30-6-1-2-8-35-9-10-36-27-23-5-7-31-16-24(23)22-4-3-20(26(29)34)14-25(22)32-27/h3-5,7,11-14,16,30,33H,1-2,6,8-10,15,17H2,(H2,29,34). The van der Waals surface area contributed by atoms with Gasteiger partial charge in [-0.1, -0.05) is 23.7 Å². The molecule has 4 aromatic rings. The van der Waals surface area contributed by atoms with E-state index in [0.717, 1.165) is 46.7 Å². The third-order valence-electron chi connectivity index (χ3n) is 5.73. The first-order valence-electron chi connectivity index (χ1n) is 11.8. The lowest BCUT2D eigenvalue weighted by Gasteiger charge is -2.11. The maximum absolute atomic E-state index is 11.6. The van der Waals surface area contributed by atoms with Gasteiger partial charge >= 0.3 is 0 Å². The Morgan fingerprint density at radius 1 is 1.00 bits per heavy atom. The number of carbonyl (C=O) groups is 1. The van der Waals surface area contributed by atoms with Gasteiger partial charge in [0.05, 0.1) is 18.7 Å². The second kappa shape index (κ2) is 12.6. The molecule has 4 rings (SSSR count). The normalized spacial score (nSPS) is 11.3. The molecule has 0 saturated carbocycles. The minimum absolute atomic E-state index is 0.0187. The number of rotatable bonds is 13. The molecule has 1 amide bonds. The van der Waals surface area contributed by atoms with Crippen LogP contribution in [0.5, 0.6) is 5.88 Å². The van der Waals surface area contributed by atoms with E-state index in [-0.39, 0.29) is 6.61 Å². The molecule has 0 atom stereocenters. The van der Waals surface area contributed by atoms with E-state index in [2.05, 4.69) is 15.3 Å². The Kier molecular flexibility index (Phi) is 9.02. The Hall–Kier alpha value is -3.30. The molecule has 0 fully saturated rings. The second-order valence-corrected chi connectivity index (χ2v) is 8.84. The van der Waals surface area contributed by atoms with E-state index in [1.165, 1.54) is 0 Å². The molecular weight excluding hydrogens is 480 g/mol. The van der Waals surface area contributed by atoms with Crippen molar-refractivity contribution in [3.63, 3.8) is 0 Å². The molecular formula is C27H29ClN4O4. The van der Waals surface area contributed by atoms with Crippen LogP contribution in [0.15, 0.2) is 54.9 Å².